The summed E-state index contributed by atoms with van der Waals surface area (Å²) in [6.45, 7) is 2.03. The van der Waals surface area contributed by atoms with E-state index >= 15 is 0 Å². The number of nitrogens with zero attached hydrogens (tertiary/aromatic N) is 3. The smallest absolute Gasteiger partial charge is 0.228 e. The van der Waals surface area contributed by atoms with Crippen LogP contribution in [0.1, 0.15) is 24.1 Å². The summed E-state index contributed by atoms with van der Waals surface area (Å²) in [7, 11) is 0. The molecule has 0 unspecified atom stereocenters. The standard InChI is InChI=1S/C22H22FN3O2/c23-19-6-4-16(5-7-19)17-8-11-25(12-9-17)22(28)18-13-21(27)26(14-18)15-20-3-1-2-10-24-20/h1-8,10,18H,9,11-15H2/t18-/m1/s1. The number of hydrogen-bond acceptors (Lipinski definition) is 3. The molecule has 3 heterocycles. The Morgan fingerprint density at radius 3 is 2.68 bits per heavy atom. The van der Waals surface area contributed by atoms with E-state index in [0.29, 0.717) is 26.2 Å². The molecule has 5 nitrogen and oxygen atoms in total. The summed E-state index contributed by atoms with van der Waals surface area (Å²) >= 11 is 0. The maximum Gasteiger partial charge on any atom is 0.228 e. The zero-order chi connectivity index (χ0) is 19.5. The van der Waals surface area contributed by atoms with Gasteiger partial charge in [0.1, 0.15) is 5.82 Å². The van der Waals surface area contributed by atoms with Gasteiger partial charge in [0.15, 0.2) is 0 Å². The zero-order valence-corrected chi connectivity index (χ0v) is 15.6. The van der Waals surface area contributed by atoms with Crippen LogP contribution in [0.3, 0.4) is 0 Å². The normalized spacial score (nSPS) is 19.7. The Hall–Kier alpha value is -3.02. The summed E-state index contributed by atoms with van der Waals surface area (Å²) in [4.78, 5) is 33.0. The fourth-order valence-electron chi connectivity index (χ4n) is 3.83. The van der Waals surface area contributed by atoms with E-state index in [1.165, 1.54) is 12.1 Å². The van der Waals surface area contributed by atoms with Crippen molar-refractivity contribution in [3.05, 3.63) is 71.8 Å². The first-order chi connectivity index (χ1) is 13.6. The Labute approximate surface area is 163 Å². The minimum atomic E-state index is -0.294. The molecule has 4 rings (SSSR count). The van der Waals surface area contributed by atoms with E-state index in [1.54, 1.807) is 23.2 Å². The highest BCUT2D eigenvalue weighted by Gasteiger charge is 2.36. The van der Waals surface area contributed by atoms with Crippen LogP contribution in [0, 0.1) is 11.7 Å². The minimum Gasteiger partial charge on any atom is -0.338 e. The lowest BCUT2D eigenvalue weighted by Gasteiger charge is -2.29. The highest BCUT2D eigenvalue weighted by atomic mass is 19.1. The Kier molecular flexibility index (Phi) is 5.19. The van der Waals surface area contributed by atoms with Gasteiger partial charge < -0.3 is 9.80 Å². The zero-order valence-electron chi connectivity index (χ0n) is 15.6. The second-order valence-electron chi connectivity index (χ2n) is 7.27. The average molecular weight is 379 g/mol. The van der Waals surface area contributed by atoms with E-state index in [0.717, 1.165) is 23.3 Å². The molecule has 0 radical (unpaired) electrons. The van der Waals surface area contributed by atoms with Crippen molar-refractivity contribution in [1.29, 1.82) is 0 Å². The van der Waals surface area contributed by atoms with Gasteiger partial charge in [-0.25, -0.2) is 4.39 Å². The SMILES string of the molecule is O=C1C[C@@H](C(=O)N2CC=C(c3ccc(F)cc3)CC2)CN1Cc1ccccn1. The quantitative estimate of drug-likeness (QED) is 0.821. The molecule has 1 atom stereocenters. The number of benzene rings is 1. The van der Waals surface area contributed by atoms with Gasteiger partial charge in [-0.3, -0.25) is 14.6 Å². The predicted molar refractivity (Wildman–Crippen MR) is 103 cm³/mol. The number of hydrogen-bond donors (Lipinski definition) is 0. The van der Waals surface area contributed by atoms with Crippen molar-refractivity contribution in [1.82, 2.24) is 14.8 Å². The fraction of sp³-hybridized carbons (Fsp3) is 0.318. The topological polar surface area (TPSA) is 53.5 Å². The van der Waals surface area contributed by atoms with Gasteiger partial charge in [-0.2, -0.15) is 0 Å². The third-order valence-corrected chi connectivity index (χ3v) is 5.38. The van der Waals surface area contributed by atoms with Crippen molar-refractivity contribution >= 4 is 17.4 Å². The molecular weight excluding hydrogens is 357 g/mol. The lowest BCUT2D eigenvalue weighted by Crippen LogP contribution is -2.39. The summed E-state index contributed by atoms with van der Waals surface area (Å²) in [5, 5.41) is 0. The third-order valence-electron chi connectivity index (χ3n) is 5.38. The van der Waals surface area contributed by atoms with E-state index in [4.69, 9.17) is 0 Å². The van der Waals surface area contributed by atoms with E-state index in [2.05, 4.69) is 4.98 Å². The van der Waals surface area contributed by atoms with Gasteiger partial charge in [-0.15, -0.1) is 0 Å². The molecule has 2 aliphatic heterocycles. The first kappa shape index (κ1) is 18.3. The van der Waals surface area contributed by atoms with Crippen molar-refractivity contribution in [2.45, 2.75) is 19.4 Å². The molecule has 0 aliphatic carbocycles. The van der Waals surface area contributed by atoms with Crippen LogP contribution < -0.4 is 0 Å². The van der Waals surface area contributed by atoms with Gasteiger partial charge in [-0.05, 0) is 41.8 Å². The third kappa shape index (κ3) is 3.96. The molecule has 0 N–H and O–H groups in total. The first-order valence-corrected chi connectivity index (χ1v) is 9.51. The van der Waals surface area contributed by atoms with Gasteiger partial charge in [0.2, 0.25) is 11.8 Å². The van der Waals surface area contributed by atoms with Crippen LogP contribution >= 0.6 is 0 Å². The predicted octanol–water partition coefficient (Wildman–Crippen LogP) is 2.89. The first-order valence-electron chi connectivity index (χ1n) is 9.51. The van der Waals surface area contributed by atoms with Gasteiger partial charge in [0.25, 0.3) is 0 Å². The highest BCUT2D eigenvalue weighted by Crippen LogP contribution is 2.26. The summed E-state index contributed by atoms with van der Waals surface area (Å²) in [5.41, 5.74) is 2.95. The fourth-order valence-corrected chi connectivity index (χ4v) is 3.83. The number of rotatable bonds is 4. The van der Waals surface area contributed by atoms with E-state index in [9.17, 15) is 14.0 Å². The van der Waals surface area contributed by atoms with Crippen LogP contribution in [-0.4, -0.2) is 46.2 Å². The van der Waals surface area contributed by atoms with Crippen LogP contribution in [0.4, 0.5) is 4.39 Å². The maximum absolute atomic E-state index is 13.1. The van der Waals surface area contributed by atoms with E-state index in [-0.39, 0.29) is 30.0 Å². The van der Waals surface area contributed by atoms with Gasteiger partial charge >= 0.3 is 0 Å². The number of aromatic nitrogens is 1. The number of carbonyl (C=O) groups excluding carboxylic acids is 2. The van der Waals surface area contributed by atoms with Crippen molar-refractivity contribution in [2.24, 2.45) is 5.92 Å². The average Bonchev–Trinajstić information content (AvgIpc) is 3.09. The summed E-state index contributed by atoms with van der Waals surface area (Å²) < 4.78 is 13.1. The second kappa shape index (κ2) is 7.92. The van der Waals surface area contributed by atoms with Crippen molar-refractivity contribution in [3.63, 3.8) is 0 Å². The maximum atomic E-state index is 13.1. The molecule has 1 saturated heterocycles. The Balaban J connectivity index is 1.36. The number of pyridine rings is 1. The van der Waals surface area contributed by atoms with E-state index < -0.39 is 0 Å². The molecule has 0 saturated carbocycles. The van der Waals surface area contributed by atoms with Crippen LogP contribution in [-0.2, 0) is 16.1 Å². The molecule has 144 valence electrons. The number of amides is 2. The van der Waals surface area contributed by atoms with Crippen LogP contribution in [0.2, 0.25) is 0 Å². The Morgan fingerprint density at radius 2 is 2.00 bits per heavy atom. The molecule has 2 aliphatic rings. The molecule has 2 amide bonds. The van der Waals surface area contributed by atoms with Gasteiger partial charge in [-0.1, -0.05) is 24.3 Å². The number of carbonyl (C=O) groups is 2. The Morgan fingerprint density at radius 1 is 1.18 bits per heavy atom. The summed E-state index contributed by atoms with van der Waals surface area (Å²) in [6.07, 6.45) is 4.72. The van der Waals surface area contributed by atoms with Gasteiger partial charge in [0.05, 0.1) is 18.2 Å². The van der Waals surface area contributed by atoms with Crippen molar-refractivity contribution < 1.29 is 14.0 Å². The summed E-state index contributed by atoms with van der Waals surface area (Å²) in [5.74, 6) is -0.509. The molecular formula is C22H22FN3O2. The Bertz CT molecular complexity index is 896. The molecule has 28 heavy (non-hydrogen) atoms. The van der Waals surface area contributed by atoms with Crippen molar-refractivity contribution in [2.75, 3.05) is 19.6 Å². The molecule has 0 bridgehead atoms. The minimum absolute atomic E-state index is 0.00329. The monoisotopic (exact) mass is 379 g/mol. The highest BCUT2D eigenvalue weighted by molar-refractivity contribution is 5.89. The lowest BCUT2D eigenvalue weighted by atomic mass is 9.98. The largest absolute Gasteiger partial charge is 0.338 e. The molecule has 1 fully saturated rings. The molecule has 1 aromatic carbocycles. The molecule has 0 spiro atoms. The van der Waals surface area contributed by atoms with Crippen LogP contribution in [0.15, 0.2) is 54.7 Å². The lowest BCUT2D eigenvalue weighted by molar-refractivity contribution is -0.135. The van der Waals surface area contributed by atoms with Crippen LogP contribution in [0.25, 0.3) is 5.57 Å². The van der Waals surface area contributed by atoms with Crippen molar-refractivity contribution in [3.8, 4) is 0 Å². The number of likely N-dealkylation sites (tertiary alicyclic amines) is 1. The molecule has 6 heteroatoms. The van der Waals surface area contributed by atoms with Crippen LogP contribution in [0.5, 0.6) is 0 Å². The van der Waals surface area contributed by atoms with Gasteiger partial charge in [0, 0.05) is 32.3 Å². The van der Waals surface area contributed by atoms with E-state index in [1.807, 2.05) is 29.2 Å². The summed E-state index contributed by atoms with van der Waals surface area (Å²) in [6, 6.07) is 12.1. The molecule has 2 aromatic rings. The second-order valence-corrected chi connectivity index (χ2v) is 7.27. The molecule has 1 aromatic heterocycles. The number of halogens is 1.